The lowest BCUT2D eigenvalue weighted by Gasteiger charge is -2.32. The van der Waals surface area contributed by atoms with Gasteiger partial charge in [-0.1, -0.05) is 36.4 Å². The summed E-state index contributed by atoms with van der Waals surface area (Å²) in [6, 6.07) is 13.7. The molecule has 0 radical (unpaired) electrons. The Hall–Kier alpha value is -1.98. The van der Waals surface area contributed by atoms with Crippen molar-refractivity contribution < 1.29 is 18.1 Å². The van der Waals surface area contributed by atoms with Crippen molar-refractivity contribution >= 4 is 13.2 Å². The predicted octanol–water partition coefficient (Wildman–Crippen LogP) is 5.43. The van der Waals surface area contributed by atoms with Gasteiger partial charge in [0.1, 0.15) is 11.5 Å². The van der Waals surface area contributed by atoms with Gasteiger partial charge in [0, 0.05) is 5.56 Å². The van der Waals surface area contributed by atoms with E-state index in [-0.39, 0.29) is 5.82 Å². The molecule has 5 heteroatoms. The van der Waals surface area contributed by atoms with Crippen molar-refractivity contribution in [2.45, 2.75) is 38.9 Å². The van der Waals surface area contributed by atoms with Crippen LogP contribution in [0, 0.1) is 5.82 Å². The Balaban J connectivity index is 1.89. The molecule has 0 bridgehead atoms. The van der Waals surface area contributed by atoms with Gasteiger partial charge in [0.05, 0.1) is 11.2 Å². The second-order valence-corrected chi connectivity index (χ2v) is 7.22. The average molecular weight is 342 g/mol. The van der Waals surface area contributed by atoms with Crippen molar-refractivity contribution in [2.75, 3.05) is 0 Å². The fraction of sp³-hybridized carbons (Fsp3) is 0.300. The van der Waals surface area contributed by atoms with E-state index >= 15 is 0 Å². The van der Waals surface area contributed by atoms with Crippen molar-refractivity contribution in [3.05, 3.63) is 65.6 Å². The van der Waals surface area contributed by atoms with E-state index in [1.165, 1.54) is 18.2 Å². The largest absolute Gasteiger partial charge is 0.525 e. The lowest BCUT2D eigenvalue weighted by atomic mass is 9.86. The molecule has 3 rings (SSSR count). The summed E-state index contributed by atoms with van der Waals surface area (Å²) in [6.07, 6.45) is 1.33. The van der Waals surface area contributed by atoms with Gasteiger partial charge >= 0.3 is 7.12 Å². The minimum atomic E-state index is -1.06. The molecule has 1 saturated heterocycles. The van der Waals surface area contributed by atoms with Gasteiger partial charge in [-0.25, -0.2) is 8.78 Å². The van der Waals surface area contributed by atoms with Gasteiger partial charge in [-0.2, -0.15) is 0 Å². The molecule has 130 valence electrons. The van der Waals surface area contributed by atoms with E-state index in [4.69, 9.17) is 9.31 Å². The van der Waals surface area contributed by atoms with E-state index in [0.29, 0.717) is 11.1 Å². The number of hydrogen-bond acceptors (Lipinski definition) is 2. The molecule has 25 heavy (non-hydrogen) atoms. The molecule has 0 atom stereocenters. The molecule has 0 spiro atoms. The van der Waals surface area contributed by atoms with Crippen LogP contribution < -0.4 is 0 Å². The molecule has 2 nitrogen and oxygen atoms in total. The molecule has 2 aromatic rings. The van der Waals surface area contributed by atoms with Gasteiger partial charge in [-0.05, 0) is 57.0 Å². The van der Waals surface area contributed by atoms with Crippen LogP contribution in [0.3, 0.4) is 0 Å². The monoisotopic (exact) mass is 342 g/mol. The molecule has 1 aliphatic heterocycles. The highest BCUT2D eigenvalue weighted by Crippen LogP contribution is 2.39. The highest BCUT2D eigenvalue weighted by molar-refractivity contribution is 6.54. The standard InChI is InChI=1S/C20H21BF2O2/c1-19(2)20(3,4)25-21(24-19)18(23)13-14-10-11-17(22)16(12-14)15-8-6-5-7-9-15/h5-13H,1-4H3. The van der Waals surface area contributed by atoms with Crippen molar-refractivity contribution in [1.82, 2.24) is 0 Å². The summed E-state index contributed by atoms with van der Waals surface area (Å²) >= 11 is 0. The zero-order valence-electron chi connectivity index (χ0n) is 14.8. The molecule has 1 aliphatic rings. The van der Waals surface area contributed by atoms with Crippen LogP contribution in [0.4, 0.5) is 8.78 Å². The van der Waals surface area contributed by atoms with Crippen LogP contribution >= 0.6 is 0 Å². The first-order chi connectivity index (χ1) is 11.7. The van der Waals surface area contributed by atoms with Crippen molar-refractivity contribution in [2.24, 2.45) is 0 Å². The third kappa shape index (κ3) is 3.53. The summed E-state index contributed by atoms with van der Waals surface area (Å²) in [7, 11) is -1.06. The van der Waals surface area contributed by atoms with Gasteiger partial charge in [-0.15, -0.1) is 0 Å². The molecule has 0 saturated carbocycles. The zero-order valence-corrected chi connectivity index (χ0v) is 14.8. The fourth-order valence-corrected chi connectivity index (χ4v) is 2.65. The molecule has 0 N–H and O–H groups in total. The lowest BCUT2D eigenvalue weighted by molar-refractivity contribution is 0.00578. The zero-order chi connectivity index (χ0) is 18.2. The van der Waals surface area contributed by atoms with E-state index in [2.05, 4.69) is 0 Å². The van der Waals surface area contributed by atoms with Crippen LogP contribution in [0.15, 0.2) is 54.3 Å². The van der Waals surface area contributed by atoms with Crippen LogP contribution in [0.1, 0.15) is 33.3 Å². The minimum absolute atomic E-state index is 0.348. The third-order valence-corrected chi connectivity index (χ3v) is 4.86. The highest BCUT2D eigenvalue weighted by Gasteiger charge is 2.53. The van der Waals surface area contributed by atoms with Crippen LogP contribution in [-0.2, 0) is 9.31 Å². The van der Waals surface area contributed by atoms with Gasteiger partial charge in [0.25, 0.3) is 0 Å². The Morgan fingerprint density at radius 2 is 1.56 bits per heavy atom. The van der Waals surface area contributed by atoms with E-state index < -0.39 is 24.0 Å². The summed E-state index contributed by atoms with van der Waals surface area (Å²) in [6.45, 7) is 7.47. The van der Waals surface area contributed by atoms with Crippen LogP contribution in [0.5, 0.6) is 0 Å². The average Bonchev–Trinajstić information content (AvgIpc) is 2.78. The van der Waals surface area contributed by atoms with Crippen molar-refractivity contribution in [1.29, 1.82) is 0 Å². The van der Waals surface area contributed by atoms with Crippen LogP contribution in [-0.4, -0.2) is 18.3 Å². The first-order valence-corrected chi connectivity index (χ1v) is 8.27. The molecule has 1 heterocycles. The van der Waals surface area contributed by atoms with Gasteiger partial charge in [-0.3, -0.25) is 0 Å². The molecule has 1 fully saturated rings. The Labute approximate surface area is 147 Å². The summed E-state index contributed by atoms with van der Waals surface area (Å²) in [5, 5.41) is 0. The topological polar surface area (TPSA) is 18.5 Å². The lowest BCUT2D eigenvalue weighted by Crippen LogP contribution is -2.41. The molecule has 0 amide bonds. The van der Waals surface area contributed by atoms with Gasteiger partial charge < -0.3 is 9.31 Å². The SMILES string of the molecule is CC1(C)OB(C(F)=Cc2ccc(F)c(-c3ccccc3)c2)OC1(C)C. The Bertz CT molecular complexity index is 785. The molecule has 2 aromatic carbocycles. The van der Waals surface area contributed by atoms with Gasteiger partial charge in [0.2, 0.25) is 0 Å². The Kier molecular flexibility index (Phi) is 4.56. The Morgan fingerprint density at radius 3 is 2.16 bits per heavy atom. The Morgan fingerprint density at radius 1 is 0.960 bits per heavy atom. The predicted molar refractivity (Wildman–Crippen MR) is 97.0 cm³/mol. The number of rotatable bonds is 3. The molecular formula is C20H21BF2O2. The molecular weight excluding hydrogens is 321 g/mol. The maximum atomic E-state index is 14.6. The number of hydrogen-bond donors (Lipinski definition) is 0. The third-order valence-electron chi connectivity index (χ3n) is 4.86. The second-order valence-electron chi connectivity index (χ2n) is 7.22. The minimum Gasteiger partial charge on any atom is -0.398 e. The first-order valence-electron chi connectivity index (χ1n) is 8.27. The highest BCUT2D eigenvalue weighted by atomic mass is 19.1. The smallest absolute Gasteiger partial charge is 0.398 e. The summed E-state index contributed by atoms with van der Waals surface area (Å²) < 4.78 is 40.2. The molecule has 0 aliphatic carbocycles. The van der Waals surface area contributed by atoms with Gasteiger partial charge in [0.15, 0.2) is 0 Å². The second kappa shape index (κ2) is 6.39. The maximum Gasteiger partial charge on any atom is 0.525 e. The maximum absolute atomic E-state index is 14.6. The summed E-state index contributed by atoms with van der Waals surface area (Å²) in [5.41, 5.74) is -0.0408. The van der Waals surface area contributed by atoms with Crippen molar-refractivity contribution in [3.63, 3.8) is 0 Å². The first kappa shape index (κ1) is 17.8. The number of benzene rings is 2. The summed E-state index contributed by atoms with van der Waals surface area (Å²) in [5.74, 6) is -0.348. The van der Waals surface area contributed by atoms with Crippen molar-refractivity contribution in [3.8, 4) is 11.1 Å². The summed E-state index contributed by atoms with van der Waals surface area (Å²) in [4.78, 5) is 0. The van der Waals surface area contributed by atoms with Crippen LogP contribution in [0.25, 0.3) is 17.2 Å². The van der Waals surface area contributed by atoms with Crippen LogP contribution in [0.2, 0.25) is 0 Å². The molecule has 0 aromatic heterocycles. The fourth-order valence-electron chi connectivity index (χ4n) is 2.65. The normalized spacial score (nSPS) is 19.3. The van der Waals surface area contributed by atoms with E-state index in [9.17, 15) is 8.78 Å². The van der Waals surface area contributed by atoms with E-state index in [1.54, 1.807) is 6.07 Å². The number of halogens is 2. The quantitative estimate of drug-likeness (QED) is 0.692. The molecule has 0 unspecified atom stereocenters. The van der Waals surface area contributed by atoms with E-state index in [0.717, 1.165) is 5.56 Å². The van der Waals surface area contributed by atoms with E-state index in [1.807, 2.05) is 58.0 Å².